The fourth-order valence-corrected chi connectivity index (χ4v) is 1.76. The van der Waals surface area contributed by atoms with Crippen LogP contribution in [-0.4, -0.2) is 18.3 Å². The minimum absolute atomic E-state index is 0.186. The van der Waals surface area contributed by atoms with Gasteiger partial charge in [-0.15, -0.1) is 0 Å². The molecule has 20 heavy (non-hydrogen) atoms. The smallest absolute Gasteiger partial charge is 0.165 e. The van der Waals surface area contributed by atoms with Crippen LogP contribution in [0.25, 0.3) is 0 Å². The summed E-state index contributed by atoms with van der Waals surface area (Å²) in [5.74, 6) is 5.02. The van der Waals surface area contributed by atoms with E-state index < -0.39 is 5.82 Å². The van der Waals surface area contributed by atoms with Crippen molar-refractivity contribution in [3.05, 3.63) is 65.5 Å². The second-order valence-electron chi connectivity index (χ2n) is 4.19. The number of ether oxygens (including phenoxy) is 1. The average Bonchev–Trinajstić information content (AvgIpc) is 2.49. The van der Waals surface area contributed by atoms with E-state index in [4.69, 9.17) is 9.84 Å². The number of halogens is 1. The Morgan fingerprint density at radius 1 is 1.10 bits per heavy atom. The highest BCUT2D eigenvalue weighted by Gasteiger charge is 2.04. The van der Waals surface area contributed by atoms with E-state index in [1.54, 1.807) is 12.1 Å². The molecule has 0 aliphatic rings. The second kappa shape index (κ2) is 7.32. The van der Waals surface area contributed by atoms with Crippen LogP contribution in [0.2, 0.25) is 0 Å². The SMILES string of the molecule is OCC#Cc1ccc(F)c(OCCc2ccccc2)c1. The van der Waals surface area contributed by atoms with Crippen molar-refractivity contribution in [1.82, 2.24) is 0 Å². The molecule has 0 unspecified atom stereocenters. The minimum atomic E-state index is -0.410. The maximum absolute atomic E-state index is 13.6. The Kier molecular flexibility index (Phi) is 5.16. The number of aliphatic hydroxyl groups excluding tert-OH is 1. The van der Waals surface area contributed by atoms with Crippen LogP contribution in [0.1, 0.15) is 11.1 Å². The Labute approximate surface area is 117 Å². The number of hydrogen-bond donors (Lipinski definition) is 1. The molecule has 0 radical (unpaired) electrons. The predicted octanol–water partition coefficient (Wildman–Crippen LogP) is 2.79. The molecule has 0 amide bonds. The molecule has 0 heterocycles. The zero-order valence-electron chi connectivity index (χ0n) is 11.0. The molecule has 0 bridgehead atoms. The van der Waals surface area contributed by atoms with Gasteiger partial charge in [0.25, 0.3) is 0 Å². The van der Waals surface area contributed by atoms with Crippen molar-refractivity contribution in [2.75, 3.05) is 13.2 Å². The molecule has 2 nitrogen and oxygen atoms in total. The zero-order chi connectivity index (χ0) is 14.2. The van der Waals surface area contributed by atoms with Gasteiger partial charge in [-0.3, -0.25) is 0 Å². The third-order valence-electron chi connectivity index (χ3n) is 2.73. The van der Waals surface area contributed by atoms with Crippen molar-refractivity contribution in [2.24, 2.45) is 0 Å². The molecular weight excluding hydrogens is 255 g/mol. The molecule has 0 saturated carbocycles. The van der Waals surface area contributed by atoms with Crippen molar-refractivity contribution >= 4 is 0 Å². The third-order valence-corrected chi connectivity index (χ3v) is 2.73. The van der Waals surface area contributed by atoms with Crippen molar-refractivity contribution < 1.29 is 14.2 Å². The Hall–Kier alpha value is -2.31. The molecular formula is C17H15FO2. The van der Waals surface area contributed by atoms with E-state index in [-0.39, 0.29) is 12.4 Å². The van der Waals surface area contributed by atoms with Crippen LogP contribution < -0.4 is 4.74 Å². The lowest BCUT2D eigenvalue weighted by Crippen LogP contribution is -2.03. The van der Waals surface area contributed by atoms with Gasteiger partial charge in [0.1, 0.15) is 6.61 Å². The molecule has 2 aromatic carbocycles. The van der Waals surface area contributed by atoms with Gasteiger partial charge in [0.2, 0.25) is 0 Å². The van der Waals surface area contributed by atoms with Crippen LogP contribution in [0.15, 0.2) is 48.5 Å². The van der Waals surface area contributed by atoms with Crippen molar-refractivity contribution in [1.29, 1.82) is 0 Å². The van der Waals surface area contributed by atoms with Crippen LogP contribution in [-0.2, 0) is 6.42 Å². The number of aliphatic hydroxyl groups is 1. The molecule has 1 N–H and O–H groups in total. The van der Waals surface area contributed by atoms with Crippen LogP contribution in [0.5, 0.6) is 5.75 Å². The lowest BCUT2D eigenvalue weighted by atomic mass is 10.2. The third kappa shape index (κ3) is 4.11. The highest BCUT2D eigenvalue weighted by Crippen LogP contribution is 2.18. The van der Waals surface area contributed by atoms with E-state index in [1.807, 2.05) is 30.3 Å². The first-order valence-corrected chi connectivity index (χ1v) is 6.35. The summed E-state index contributed by atoms with van der Waals surface area (Å²) in [6.45, 7) is 0.180. The van der Waals surface area contributed by atoms with E-state index in [2.05, 4.69) is 11.8 Å². The van der Waals surface area contributed by atoms with Gasteiger partial charge in [0, 0.05) is 12.0 Å². The zero-order valence-corrected chi connectivity index (χ0v) is 11.0. The number of benzene rings is 2. The average molecular weight is 270 g/mol. The normalized spacial score (nSPS) is 9.70. The molecule has 3 heteroatoms. The summed E-state index contributed by atoms with van der Waals surface area (Å²) in [7, 11) is 0. The van der Waals surface area contributed by atoms with Gasteiger partial charge >= 0.3 is 0 Å². The minimum Gasteiger partial charge on any atom is -0.490 e. The maximum Gasteiger partial charge on any atom is 0.165 e. The van der Waals surface area contributed by atoms with Gasteiger partial charge in [0.15, 0.2) is 11.6 Å². The van der Waals surface area contributed by atoms with Crippen molar-refractivity contribution in [2.45, 2.75) is 6.42 Å². The first kappa shape index (κ1) is 14.1. The molecule has 0 fully saturated rings. The molecule has 0 aliphatic heterocycles. The van der Waals surface area contributed by atoms with Gasteiger partial charge in [-0.1, -0.05) is 42.2 Å². The number of hydrogen-bond acceptors (Lipinski definition) is 2. The largest absolute Gasteiger partial charge is 0.490 e. The van der Waals surface area contributed by atoms with Gasteiger partial charge in [-0.05, 0) is 23.8 Å². The highest BCUT2D eigenvalue weighted by atomic mass is 19.1. The summed E-state index contributed by atoms with van der Waals surface area (Å²) >= 11 is 0. The molecule has 0 atom stereocenters. The number of rotatable bonds is 4. The van der Waals surface area contributed by atoms with Crippen LogP contribution in [0.3, 0.4) is 0 Å². The molecule has 0 aromatic heterocycles. The molecule has 0 aliphatic carbocycles. The first-order valence-electron chi connectivity index (χ1n) is 6.35. The standard InChI is InChI=1S/C17H15FO2/c18-16-9-8-15(7-4-11-19)13-17(16)20-12-10-14-5-2-1-3-6-14/h1-3,5-6,8-9,13,19H,10-12H2. The molecule has 0 spiro atoms. The summed E-state index contributed by atoms with van der Waals surface area (Å²) in [6, 6.07) is 14.3. The van der Waals surface area contributed by atoms with Crippen molar-refractivity contribution in [3.63, 3.8) is 0 Å². The lowest BCUT2D eigenvalue weighted by molar-refractivity contribution is 0.305. The predicted molar refractivity (Wildman–Crippen MR) is 76.0 cm³/mol. The maximum atomic E-state index is 13.6. The van der Waals surface area contributed by atoms with Gasteiger partial charge in [-0.2, -0.15) is 0 Å². The van der Waals surface area contributed by atoms with E-state index in [1.165, 1.54) is 6.07 Å². The van der Waals surface area contributed by atoms with Crippen LogP contribution in [0, 0.1) is 17.7 Å². The summed E-state index contributed by atoms with van der Waals surface area (Å²) in [5, 5.41) is 8.64. The summed E-state index contributed by atoms with van der Waals surface area (Å²) in [6.07, 6.45) is 0.715. The van der Waals surface area contributed by atoms with E-state index in [0.29, 0.717) is 18.6 Å². The summed E-state index contributed by atoms with van der Waals surface area (Å²) < 4.78 is 19.1. The highest BCUT2D eigenvalue weighted by molar-refractivity contribution is 5.40. The summed E-state index contributed by atoms with van der Waals surface area (Å²) in [4.78, 5) is 0. The molecule has 2 aromatic rings. The first-order chi connectivity index (χ1) is 9.79. The van der Waals surface area contributed by atoms with Crippen LogP contribution in [0.4, 0.5) is 4.39 Å². The molecule has 102 valence electrons. The Balaban J connectivity index is 1.98. The van der Waals surface area contributed by atoms with E-state index in [0.717, 1.165) is 5.56 Å². The quantitative estimate of drug-likeness (QED) is 0.866. The van der Waals surface area contributed by atoms with Crippen molar-refractivity contribution in [3.8, 4) is 17.6 Å². The van der Waals surface area contributed by atoms with Gasteiger partial charge in [0.05, 0.1) is 6.61 Å². The molecule has 2 rings (SSSR count). The Morgan fingerprint density at radius 2 is 1.90 bits per heavy atom. The van der Waals surface area contributed by atoms with Gasteiger partial charge in [-0.25, -0.2) is 4.39 Å². The van der Waals surface area contributed by atoms with Gasteiger partial charge < -0.3 is 9.84 Å². The van der Waals surface area contributed by atoms with Crippen LogP contribution >= 0.6 is 0 Å². The Morgan fingerprint density at radius 3 is 2.65 bits per heavy atom. The fourth-order valence-electron chi connectivity index (χ4n) is 1.76. The van der Waals surface area contributed by atoms with E-state index >= 15 is 0 Å². The summed E-state index contributed by atoms with van der Waals surface area (Å²) in [5.41, 5.74) is 1.76. The molecule has 0 saturated heterocycles. The lowest BCUT2D eigenvalue weighted by Gasteiger charge is -2.07. The van der Waals surface area contributed by atoms with E-state index in [9.17, 15) is 4.39 Å². The topological polar surface area (TPSA) is 29.5 Å². The second-order valence-corrected chi connectivity index (χ2v) is 4.19. The fraction of sp³-hybridized carbons (Fsp3) is 0.176. The monoisotopic (exact) mass is 270 g/mol. The Bertz CT molecular complexity index is 612.